The SMILES string of the molecule is CC[C@H](C)[C@@H](CN(CC(=O)N[C@@H](CCSC)C(=O)OC)Cc1ccccc1)NC(=O)Cc1cncn1Cc1ccc2ccccc2c1.O=C(O)C(F)(F)F.O=C(O)C(F)(F)F. The van der Waals surface area contributed by atoms with Gasteiger partial charge in [0.25, 0.3) is 0 Å². The Labute approximate surface area is 352 Å². The van der Waals surface area contributed by atoms with E-state index in [-0.39, 0.29) is 36.7 Å². The second kappa shape index (κ2) is 25.2. The van der Waals surface area contributed by atoms with Crippen molar-refractivity contribution in [1.29, 1.82) is 0 Å². The summed E-state index contributed by atoms with van der Waals surface area (Å²) in [5.74, 6) is -5.44. The van der Waals surface area contributed by atoms with Crippen LogP contribution in [0.3, 0.4) is 0 Å². The van der Waals surface area contributed by atoms with Crippen molar-refractivity contribution in [3.63, 3.8) is 0 Å². The number of thioether (sulfide) groups is 1. The molecule has 3 atom stereocenters. The molecule has 334 valence electrons. The Hall–Kier alpha value is -5.63. The zero-order valence-corrected chi connectivity index (χ0v) is 34.6. The molecule has 0 bridgehead atoms. The number of nitrogens with one attached hydrogen (secondary N) is 2. The van der Waals surface area contributed by atoms with Gasteiger partial charge < -0.3 is 30.2 Å². The first kappa shape index (κ1) is 51.5. The highest BCUT2D eigenvalue weighted by molar-refractivity contribution is 7.98. The number of carboxylic acids is 2. The monoisotopic (exact) mass is 885 g/mol. The summed E-state index contributed by atoms with van der Waals surface area (Å²) in [7, 11) is 1.33. The summed E-state index contributed by atoms with van der Waals surface area (Å²) in [6.07, 6.45) is -3.16. The Morgan fingerprint density at radius 2 is 1.44 bits per heavy atom. The molecule has 4 aromatic rings. The van der Waals surface area contributed by atoms with Crippen LogP contribution in [0.1, 0.15) is 43.5 Å². The van der Waals surface area contributed by atoms with Gasteiger partial charge in [0.15, 0.2) is 0 Å². The Morgan fingerprint density at radius 1 is 0.852 bits per heavy atom. The highest BCUT2D eigenvalue weighted by Crippen LogP contribution is 2.18. The summed E-state index contributed by atoms with van der Waals surface area (Å²) in [6, 6.07) is 23.7. The minimum absolute atomic E-state index is 0.0724. The summed E-state index contributed by atoms with van der Waals surface area (Å²) >= 11 is 1.61. The fourth-order valence-electron chi connectivity index (χ4n) is 5.62. The van der Waals surface area contributed by atoms with Crippen LogP contribution in [0.15, 0.2) is 85.3 Å². The van der Waals surface area contributed by atoms with Crippen molar-refractivity contribution < 1.29 is 65.3 Å². The van der Waals surface area contributed by atoms with Gasteiger partial charge in [0.05, 0.1) is 26.4 Å². The summed E-state index contributed by atoms with van der Waals surface area (Å²) < 4.78 is 70.4. The number of amides is 2. The number of hydrogen-bond acceptors (Lipinski definition) is 9. The minimum atomic E-state index is -5.08. The molecule has 0 saturated carbocycles. The summed E-state index contributed by atoms with van der Waals surface area (Å²) in [4.78, 5) is 63.4. The lowest BCUT2D eigenvalue weighted by molar-refractivity contribution is -0.193. The number of benzene rings is 3. The number of aromatic nitrogens is 2. The van der Waals surface area contributed by atoms with Crippen molar-refractivity contribution in [1.82, 2.24) is 25.1 Å². The van der Waals surface area contributed by atoms with Crippen LogP contribution in [0.5, 0.6) is 0 Å². The maximum atomic E-state index is 13.5. The van der Waals surface area contributed by atoms with E-state index in [9.17, 15) is 40.7 Å². The van der Waals surface area contributed by atoms with E-state index in [0.717, 1.165) is 29.0 Å². The third kappa shape index (κ3) is 19.1. The molecular weight excluding hydrogens is 837 g/mol. The minimum Gasteiger partial charge on any atom is -0.475 e. The Bertz CT molecular complexity index is 1990. The van der Waals surface area contributed by atoms with Gasteiger partial charge in [-0.05, 0) is 52.3 Å². The molecule has 4 N–H and O–H groups in total. The molecule has 0 unspecified atom stereocenters. The lowest BCUT2D eigenvalue weighted by atomic mass is 9.98. The number of carbonyl (C=O) groups is 5. The van der Waals surface area contributed by atoms with Crippen molar-refractivity contribution in [3.8, 4) is 0 Å². The second-order valence-electron chi connectivity index (χ2n) is 13.6. The van der Waals surface area contributed by atoms with E-state index in [4.69, 9.17) is 24.5 Å². The molecule has 0 radical (unpaired) electrons. The predicted octanol–water partition coefficient (Wildman–Crippen LogP) is 6.34. The summed E-state index contributed by atoms with van der Waals surface area (Å²) in [6.45, 7) is 5.89. The van der Waals surface area contributed by atoms with Crippen molar-refractivity contribution in [2.75, 3.05) is 32.2 Å². The molecule has 61 heavy (non-hydrogen) atoms. The number of rotatable bonds is 18. The van der Waals surface area contributed by atoms with Crippen LogP contribution in [-0.2, 0) is 48.2 Å². The zero-order chi connectivity index (χ0) is 45.8. The predicted molar refractivity (Wildman–Crippen MR) is 216 cm³/mol. The lowest BCUT2D eigenvalue weighted by Gasteiger charge is -2.31. The van der Waals surface area contributed by atoms with Gasteiger partial charge in [0.1, 0.15) is 6.04 Å². The number of esters is 1. The third-order valence-electron chi connectivity index (χ3n) is 8.97. The first-order valence-corrected chi connectivity index (χ1v) is 20.1. The highest BCUT2D eigenvalue weighted by atomic mass is 32.2. The average molecular weight is 886 g/mol. The fraction of sp³-hybridized carbons (Fsp3) is 0.415. The van der Waals surface area contributed by atoms with Gasteiger partial charge in [0.2, 0.25) is 11.8 Å². The van der Waals surface area contributed by atoms with Gasteiger partial charge in [-0.15, -0.1) is 0 Å². The van der Waals surface area contributed by atoms with E-state index in [0.29, 0.717) is 26.1 Å². The zero-order valence-electron chi connectivity index (χ0n) is 33.8. The van der Waals surface area contributed by atoms with Gasteiger partial charge in [-0.3, -0.25) is 14.5 Å². The van der Waals surface area contributed by atoms with Crippen LogP contribution in [-0.4, -0.2) is 111 Å². The second-order valence-corrected chi connectivity index (χ2v) is 14.6. The molecule has 20 heteroatoms. The number of methoxy groups -OCH3 is 1. The number of carboxylic acid groups (broad SMARTS) is 2. The fourth-order valence-corrected chi connectivity index (χ4v) is 6.09. The Balaban J connectivity index is 0.000000784. The van der Waals surface area contributed by atoms with E-state index < -0.39 is 36.3 Å². The number of hydrogen-bond donors (Lipinski definition) is 4. The molecule has 3 aromatic carbocycles. The number of carbonyl (C=O) groups excluding carboxylic acids is 3. The molecule has 0 aliphatic heterocycles. The summed E-state index contributed by atoms with van der Waals surface area (Å²) in [5, 5.41) is 22.8. The largest absolute Gasteiger partial charge is 0.490 e. The quantitative estimate of drug-likeness (QED) is 0.0648. The van der Waals surface area contributed by atoms with Crippen molar-refractivity contribution in [2.45, 2.75) is 70.6 Å². The lowest BCUT2D eigenvalue weighted by Crippen LogP contribution is -2.51. The van der Waals surface area contributed by atoms with E-state index >= 15 is 0 Å². The van der Waals surface area contributed by atoms with Crippen LogP contribution < -0.4 is 10.6 Å². The van der Waals surface area contributed by atoms with E-state index in [1.807, 2.05) is 58.2 Å². The molecular formula is C41H49F6N5O8S. The molecule has 13 nitrogen and oxygen atoms in total. The van der Waals surface area contributed by atoms with Crippen molar-refractivity contribution >= 4 is 52.3 Å². The number of ether oxygens (including phenoxy) is 1. The summed E-state index contributed by atoms with van der Waals surface area (Å²) in [5.41, 5.74) is 3.02. The first-order valence-electron chi connectivity index (χ1n) is 18.7. The number of aliphatic carboxylic acids is 2. The van der Waals surface area contributed by atoms with Crippen LogP contribution >= 0.6 is 11.8 Å². The van der Waals surface area contributed by atoms with Crippen LogP contribution in [0.4, 0.5) is 26.3 Å². The number of imidazole rings is 1. The van der Waals surface area contributed by atoms with Gasteiger partial charge in [-0.1, -0.05) is 87.0 Å². The highest BCUT2D eigenvalue weighted by Gasteiger charge is 2.39. The van der Waals surface area contributed by atoms with Gasteiger partial charge in [-0.25, -0.2) is 19.4 Å². The van der Waals surface area contributed by atoms with Crippen molar-refractivity contribution in [2.24, 2.45) is 5.92 Å². The van der Waals surface area contributed by atoms with Gasteiger partial charge in [0, 0.05) is 37.6 Å². The Kier molecular flexibility index (Phi) is 21.3. The smallest absolute Gasteiger partial charge is 0.475 e. The van der Waals surface area contributed by atoms with Crippen molar-refractivity contribution in [3.05, 3.63) is 102 Å². The van der Waals surface area contributed by atoms with E-state index in [1.54, 1.807) is 24.3 Å². The molecule has 0 spiro atoms. The number of alkyl halides is 6. The molecule has 2 amide bonds. The molecule has 0 fully saturated rings. The maximum absolute atomic E-state index is 13.5. The number of halogens is 6. The maximum Gasteiger partial charge on any atom is 0.490 e. The standard InChI is InChI=1S/C37H47N5O4S.2C2HF3O2/c1-5-27(2)34(24-41(22-28-11-7-6-8-12-28)25-36(44)39-33(17-18-47-4)37(45)46-3)40-35(43)20-32-21-38-26-42(32)23-29-15-16-30-13-9-10-14-31(30)19-29;2*3-2(4,5)1(6)7/h6-16,19,21,26-27,33-34H,5,17-18,20,22-25H2,1-4H3,(H,39,44)(H,40,43);2*(H,6,7)/t27-,33-,34+;;/m0../s1. The molecule has 0 aliphatic carbocycles. The Morgan fingerprint density at radius 3 is 2.00 bits per heavy atom. The molecule has 1 aromatic heterocycles. The van der Waals surface area contributed by atoms with Gasteiger partial charge >= 0.3 is 30.3 Å². The topological polar surface area (TPSA) is 180 Å². The van der Waals surface area contributed by atoms with Crippen LogP contribution in [0.25, 0.3) is 10.8 Å². The molecule has 0 aliphatic rings. The number of fused-ring (bicyclic) bond motifs is 1. The molecule has 4 rings (SSSR count). The average Bonchev–Trinajstić information content (AvgIpc) is 3.63. The van der Waals surface area contributed by atoms with E-state index in [2.05, 4.69) is 59.8 Å². The van der Waals surface area contributed by atoms with Crippen LogP contribution in [0.2, 0.25) is 0 Å². The first-order chi connectivity index (χ1) is 28.7. The third-order valence-corrected chi connectivity index (χ3v) is 9.62. The van der Waals surface area contributed by atoms with Crippen LogP contribution in [0, 0.1) is 5.92 Å². The number of nitrogens with zero attached hydrogens (tertiary/aromatic N) is 3. The van der Waals surface area contributed by atoms with Gasteiger partial charge in [-0.2, -0.15) is 38.1 Å². The normalized spacial score (nSPS) is 12.8. The molecule has 0 saturated heterocycles. The van der Waals surface area contributed by atoms with E-state index in [1.165, 1.54) is 17.9 Å². The molecule has 1 heterocycles.